The summed E-state index contributed by atoms with van der Waals surface area (Å²) in [7, 11) is 0. The molecule has 0 spiro atoms. The van der Waals surface area contributed by atoms with Crippen molar-refractivity contribution in [1.29, 1.82) is 0 Å². The number of amidine groups is 1. The van der Waals surface area contributed by atoms with E-state index in [-0.39, 0.29) is 12.6 Å². The number of hydrogen-bond donors (Lipinski definition) is 1. The third kappa shape index (κ3) is 2.76. The van der Waals surface area contributed by atoms with E-state index in [1.165, 1.54) is 0 Å². The summed E-state index contributed by atoms with van der Waals surface area (Å²) in [5, 5.41) is 13.0. The molecule has 1 aromatic carbocycles. The molecule has 1 aromatic rings. The van der Waals surface area contributed by atoms with Crippen LogP contribution in [-0.2, 0) is 22.7 Å². The smallest absolute Gasteiger partial charge is 0.394 e. The van der Waals surface area contributed by atoms with Gasteiger partial charge in [0, 0.05) is 12.1 Å². The Balaban J connectivity index is 1.91. The van der Waals surface area contributed by atoms with Gasteiger partial charge in [0.1, 0.15) is 0 Å². The van der Waals surface area contributed by atoms with Crippen LogP contribution < -0.4 is 4.90 Å². The van der Waals surface area contributed by atoms with Crippen LogP contribution in [0.4, 0.5) is 18.9 Å². The number of aliphatic hydroxyl groups excluding tert-OH is 1. The molecule has 8 heteroatoms. The van der Waals surface area contributed by atoms with E-state index in [0.29, 0.717) is 18.7 Å². The lowest BCUT2D eigenvalue weighted by Crippen LogP contribution is -2.43. The van der Waals surface area contributed by atoms with Gasteiger partial charge in [-0.2, -0.15) is 0 Å². The number of rotatable bonds is 3. The molecule has 0 amide bonds. The van der Waals surface area contributed by atoms with E-state index in [1.807, 2.05) is 13.0 Å². The lowest BCUT2D eigenvalue weighted by Gasteiger charge is -2.34. The molecular weight excluding hydrogens is 301 g/mol. The number of aryl methyl sites for hydroxylation is 2. The minimum absolute atomic E-state index is 0.105. The summed E-state index contributed by atoms with van der Waals surface area (Å²) >= 11 is 0. The maximum absolute atomic E-state index is 12.0. The van der Waals surface area contributed by atoms with Gasteiger partial charge in [-0.1, -0.05) is 22.6 Å². The molecule has 0 bridgehead atoms. The third-order valence-electron chi connectivity index (χ3n) is 3.88. The van der Waals surface area contributed by atoms with Crippen LogP contribution in [0.1, 0.15) is 23.1 Å². The van der Waals surface area contributed by atoms with Gasteiger partial charge in [-0.05, 0) is 36.0 Å². The van der Waals surface area contributed by atoms with E-state index < -0.39 is 6.36 Å². The largest absolute Gasteiger partial charge is 0.560 e. The van der Waals surface area contributed by atoms with Crippen LogP contribution >= 0.6 is 0 Å². The van der Waals surface area contributed by atoms with E-state index in [2.05, 4.69) is 21.1 Å². The summed E-state index contributed by atoms with van der Waals surface area (Å²) in [5.74, 6) is 0.310. The fourth-order valence-corrected chi connectivity index (χ4v) is 3.15. The second kappa shape index (κ2) is 5.44. The van der Waals surface area contributed by atoms with Crippen molar-refractivity contribution in [3.05, 3.63) is 28.8 Å². The average Bonchev–Trinajstić information content (AvgIpc) is 2.78. The van der Waals surface area contributed by atoms with Crippen LogP contribution in [0.15, 0.2) is 17.3 Å². The molecule has 1 unspecified atom stereocenters. The summed E-state index contributed by atoms with van der Waals surface area (Å²) in [6.07, 6.45) is -3.04. The van der Waals surface area contributed by atoms with Crippen molar-refractivity contribution in [3.63, 3.8) is 0 Å². The minimum Gasteiger partial charge on any atom is -0.394 e. The molecule has 2 aliphatic rings. The van der Waals surface area contributed by atoms with E-state index >= 15 is 0 Å². The second-order valence-electron chi connectivity index (χ2n) is 5.46. The molecular formula is C14H15F3N2O3. The Hall–Kier alpha value is -1.80. The molecule has 0 saturated carbocycles. The van der Waals surface area contributed by atoms with E-state index in [0.717, 1.165) is 28.8 Å². The highest BCUT2D eigenvalue weighted by molar-refractivity contribution is 6.06. The number of halogens is 3. The molecule has 0 saturated heterocycles. The SMILES string of the molecule is Cc1cc2c3c(c1)C/C(=N\OOC(F)(F)F)N3C(CO)CC2. The van der Waals surface area contributed by atoms with Crippen molar-refractivity contribution in [1.82, 2.24) is 0 Å². The highest BCUT2D eigenvalue weighted by atomic mass is 19.4. The predicted octanol–water partition coefficient (Wildman–Crippen LogP) is 2.45. The standard InChI is InChI=1S/C14H15F3N2O3/c1-8-4-9-2-3-11(7-20)19-12(6-10(5-8)13(9)19)18-22-21-14(15,16)17/h4-5,11,20H,2-3,6-7H2,1H3/b18-12+. The zero-order valence-electron chi connectivity index (χ0n) is 11.9. The summed E-state index contributed by atoms with van der Waals surface area (Å²) in [5.41, 5.74) is 4.10. The Bertz CT molecular complexity index is 616. The van der Waals surface area contributed by atoms with Gasteiger partial charge in [0.15, 0.2) is 5.84 Å². The first-order valence-corrected chi connectivity index (χ1v) is 6.90. The number of aliphatic hydroxyl groups is 1. The van der Waals surface area contributed by atoms with Crippen molar-refractivity contribution in [3.8, 4) is 0 Å². The summed E-state index contributed by atoms with van der Waals surface area (Å²) in [6, 6.07) is 3.80. The van der Waals surface area contributed by atoms with Crippen molar-refractivity contribution >= 4 is 11.5 Å². The fraction of sp³-hybridized carbons (Fsp3) is 0.500. The molecule has 2 heterocycles. The second-order valence-corrected chi connectivity index (χ2v) is 5.46. The van der Waals surface area contributed by atoms with Crippen molar-refractivity contribution < 1.29 is 28.2 Å². The molecule has 0 aliphatic carbocycles. The normalized spacial score (nSPS) is 22.1. The maximum atomic E-state index is 12.0. The van der Waals surface area contributed by atoms with Gasteiger partial charge >= 0.3 is 6.36 Å². The molecule has 1 atom stereocenters. The molecule has 0 aromatic heterocycles. The van der Waals surface area contributed by atoms with Crippen LogP contribution in [0.5, 0.6) is 0 Å². The zero-order chi connectivity index (χ0) is 15.9. The van der Waals surface area contributed by atoms with Crippen molar-refractivity contribution in [2.24, 2.45) is 5.16 Å². The minimum atomic E-state index is -4.91. The van der Waals surface area contributed by atoms with Crippen LogP contribution in [-0.4, -0.2) is 30.0 Å². The quantitative estimate of drug-likeness (QED) is 0.687. The Kier molecular flexibility index (Phi) is 3.73. The van der Waals surface area contributed by atoms with Gasteiger partial charge in [0.25, 0.3) is 0 Å². The zero-order valence-corrected chi connectivity index (χ0v) is 11.9. The number of benzene rings is 1. The van der Waals surface area contributed by atoms with Crippen LogP contribution in [0, 0.1) is 6.92 Å². The number of hydrogen-bond acceptors (Lipinski definition) is 4. The highest BCUT2D eigenvalue weighted by Gasteiger charge is 2.38. The number of anilines is 1. The maximum Gasteiger partial charge on any atom is 0.560 e. The van der Waals surface area contributed by atoms with Gasteiger partial charge in [-0.25, -0.2) is 4.99 Å². The van der Waals surface area contributed by atoms with E-state index in [9.17, 15) is 18.3 Å². The monoisotopic (exact) mass is 316 g/mol. The lowest BCUT2D eigenvalue weighted by atomic mass is 9.94. The topological polar surface area (TPSA) is 54.3 Å². The molecule has 3 rings (SSSR count). The molecule has 0 radical (unpaired) electrons. The molecule has 2 aliphatic heterocycles. The number of nitrogens with zero attached hydrogens (tertiary/aromatic N) is 2. The summed E-state index contributed by atoms with van der Waals surface area (Å²) in [6.45, 7) is 1.86. The van der Waals surface area contributed by atoms with Gasteiger partial charge < -0.3 is 10.0 Å². The van der Waals surface area contributed by atoms with Crippen LogP contribution in [0.25, 0.3) is 0 Å². The first kappa shape index (κ1) is 15.1. The van der Waals surface area contributed by atoms with Crippen molar-refractivity contribution in [2.45, 2.75) is 38.6 Å². The van der Waals surface area contributed by atoms with Gasteiger partial charge in [-0.3, -0.25) is 0 Å². The average molecular weight is 316 g/mol. The van der Waals surface area contributed by atoms with Gasteiger partial charge in [-0.15, -0.1) is 13.2 Å². The Morgan fingerprint density at radius 3 is 2.77 bits per heavy atom. The Morgan fingerprint density at radius 2 is 2.09 bits per heavy atom. The number of alkyl halides is 3. The third-order valence-corrected chi connectivity index (χ3v) is 3.88. The Labute approximate surface area is 124 Å². The fourth-order valence-electron chi connectivity index (χ4n) is 3.15. The summed E-state index contributed by atoms with van der Waals surface area (Å²) < 4.78 is 35.9. The molecule has 1 N–H and O–H groups in total. The van der Waals surface area contributed by atoms with E-state index in [1.54, 1.807) is 4.90 Å². The van der Waals surface area contributed by atoms with Gasteiger partial charge in [0.05, 0.1) is 12.6 Å². The van der Waals surface area contributed by atoms with Crippen LogP contribution in [0.3, 0.4) is 0 Å². The number of oxime groups is 1. The highest BCUT2D eigenvalue weighted by Crippen LogP contribution is 2.40. The molecule has 5 nitrogen and oxygen atoms in total. The molecule has 120 valence electrons. The predicted molar refractivity (Wildman–Crippen MR) is 72.2 cm³/mol. The van der Waals surface area contributed by atoms with Crippen LogP contribution in [0.2, 0.25) is 0 Å². The first-order valence-electron chi connectivity index (χ1n) is 6.90. The van der Waals surface area contributed by atoms with Gasteiger partial charge in [0.2, 0.25) is 0 Å². The summed E-state index contributed by atoms with van der Waals surface area (Å²) in [4.78, 5) is 8.98. The first-order chi connectivity index (χ1) is 10.4. The molecule has 0 fully saturated rings. The molecule has 22 heavy (non-hydrogen) atoms. The van der Waals surface area contributed by atoms with E-state index in [4.69, 9.17) is 0 Å². The Morgan fingerprint density at radius 1 is 1.36 bits per heavy atom. The van der Waals surface area contributed by atoms with Crippen molar-refractivity contribution in [2.75, 3.05) is 11.5 Å². The lowest BCUT2D eigenvalue weighted by molar-refractivity contribution is -0.485.